The number of unbranched alkanes of at least 4 members (excludes halogenated alkanes) is 1. The molecule has 3 atom stereocenters. The van der Waals surface area contributed by atoms with E-state index in [4.69, 9.17) is 18.9 Å². The minimum absolute atomic E-state index is 0.132. The van der Waals surface area contributed by atoms with Crippen molar-refractivity contribution in [3.05, 3.63) is 47.5 Å². The predicted molar refractivity (Wildman–Crippen MR) is 114 cm³/mol. The molecule has 30 heavy (non-hydrogen) atoms. The third kappa shape index (κ3) is 5.37. The molecule has 0 radical (unpaired) electrons. The molecule has 1 aliphatic rings. The van der Waals surface area contributed by atoms with Crippen LogP contribution in [0.1, 0.15) is 30.9 Å². The molecule has 1 fully saturated rings. The van der Waals surface area contributed by atoms with Crippen molar-refractivity contribution < 1.29 is 29.2 Å². The Hall–Kier alpha value is -2.44. The van der Waals surface area contributed by atoms with Gasteiger partial charge in [-0.05, 0) is 60.6 Å². The Labute approximate surface area is 178 Å². The summed E-state index contributed by atoms with van der Waals surface area (Å²) in [5, 5.41) is 19.8. The third-order valence-corrected chi connectivity index (χ3v) is 5.67. The van der Waals surface area contributed by atoms with Crippen molar-refractivity contribution in [3.8, 4) is 23.0 Å². The Kier molecular flexibility index (Phi) is 7.82. The van der Waals surface area contributed by atoms with Crippen LogP contribution in [0.4, 0.5) is 0 Å². The second kappa shape index (κ2) is 10.5. The highest BCUT2D eigenvalue weighted by Gasteiger charge is 2.38. The second-order valence-electron chi connectivity index (χ2n) is 7.77. The van der Waals surface area contributed by atoms with Crippen LogP contribution in [-0.2, 0) is 22.3 Å². The predicted octanol–water partition coefficient (Wildman–Crippen LogP) is 4.31. The normalized spacial score (nSPS) is 21.0. The second-order valence-corrected chi connectivity index (χ2v) is 7.77. The van der Waals surface area contributed by atoms with Crippen LogP contribution in [0.15, 0.2) is 36.4 Å². The van der Waals surface area contributed by atoms with Gasteiger partial charge in [0, 0.05) is 12.5 Å². The highest BCUT2D eigenvalue weighted by atomic mass is 16.7. The number of hydrogen-bond donors (Lipinski definition) is 2. The van der Waals surface area contributed by atoms with Crippen LogP contribution in [0.2, 0.25) is 0 Å². The molecule has 164 valence electrons. The fourth-order valence-electron chi connectivity index (χ4n) is 3.95. The zero-order valence-electron chi connectivity index (χ0n) is 18.0. The van der Waals surface area contributed by atoms with E-state index in [1.807, 2.05) is 24.3 Å². The fourth-order valence-corrected chi connectivity index (χ4v) is 3.95. The molecule has 0 spiro atoms. The van der Waals surface area contributed by atoms with E-state index in [1.54, 1.807) is 26.4 Å². The van der Waals surface area contributed by atoms with Gasteiger partial charge in [0.15, 0.2) is 29.3 Å². The Morgan fingerprint density at radius 2 is 1.53 bits per heavy atom. The van der Waals surface area contributed by atoms with Gasteiger partial charge in [0.2, 0.25) is 0 Å². The molecule has 2 N–H and O–H groups in total. The molecule has 0 bridgehead atoms. The molecule has 6 nitrogen and oxygen atoms in total. The van der Waals surface area contributed by atoms with E-state index < -0.39 is 0 Å². The lowest BCUT2D eigenvalue weighted by atomic mass is 9.84. The molecule has 1 saturated heterocycles. The van der Waals surface area contributed by atoms with Gasteiger partial charge < -0.3 is 29.2 Å². The SMILES string of the molecule is CCCCO[C@@H]1OC[C@H](Cc2ccc(O)c(OC)c2)[C@H]1Cc1ccc(O)c(OC)c1. The monoisotopic (exact) mass is 416 g/mol. The summed E-state index contributed by atoms with van der Waals surface area (Å²) in [6.07, 6.45) is 3.36. The summed E-state index contributed by atoms with van der Waals surface area (Å²) in [6, 6.07) is 10.9. The van der Waals surface area contributed by atoms with Gasteiger partial charge in [-0.1, -0.05) is 25.5 Å². The van der Waals surface area contributed by atoms with Crippen LogP contribution in [0.5, 0.6) is 23.0 Å². The first-order valence-corrected chi connectivity index (χ1v) is 10.5. The molecule has 2 aromatic carbocycles. The van der Waals surface area contributed by atoms with Crippen molar-refractivity contribution in [1.82, 2.24) is 0 Å². The lowest BCUT2D eigenvalue weighted by Gasteiger charge is -2.24. The highest BCUT2D eigenvalue weighted by Crippen LogP contribution is 2.37. The number of rotatable bonds is 10. The average molecular weight is 417 g/mol. The Bertz CT molecular complexity index is 821. The molecular formula is C24H32O6. The first-order chi connectivity index (χ1) is 14.5. The van der Waals surface area contributed by atoms with Crippen molar-refractivity contribution in [2.75, 3.05) is 27.4 Å². The minimum Gasteiger partial charge on any atom is -0.504 e. The molecule has 1 aliphatic heterocycles. The van der Waals surface area contributed by atoms with Crippen molar-refractivity contribution in [2.45, 2.75) is 38.9 Å². The number of methoxy groups -OCH3 is 2. The fraction of sp³-hybridized carbons (Fsp3) is 0.500. The van der Waals surface area contributed by atoms with E-state index in [1.165, 1.54) is 0 Å². The van der Waals surface area contributed by atoms with Crippen molar-refractivity contribution >= 4 is 0 Å². The van der Waals surface area contributed by atoms with Crippen LogP contribution < -0.4 is 9.47 Å². The maximum absolute atomic E-state index is 9.90. The number of phenolic OH excluding ortho intramolecular Hbond substituents is 2. The number of aromatic hydroxyl groups is 2. The highest BCUT2D eigenvalue weighted by molar-refractivity contribution is 5.43. The van der Waals surface area contributed by atoms with Crippen LogP contribution in [0.25, 0.3) is 0 Å². The summed E-state index contributed by atoms with van der Waals surface area (Å²) in [4.78, 5) is 0. The Morgan fingerprint density at radius 1 is 0.933 bits per heavy atom. The summed E-state index contributed by atoms with van der Waals surface area (Å²) in [5.41, 5.74) is 2.15. The zero-order chi connectivity index (χ0) is 21.5. The van der Waals surface area contributed by atoms with E-state index in [9.17, 15) is 10.2 Å². The van der Waals surface area contributed by atoms with Gasteiger partial charge in [-0.3, -0.25) is 0 Å². The van der Waals surface area contributed by atoms with E-state index in [0.717, 1.165) is 36.8 Å². The van der Waals surface area contributed by atoms with Crippen LogP contribution in [0.3, 0.4) is 0 Å². The molecular weight excluding hydrogens is 384 g/mol. The van der Waals surface area contributed by atoms with E-state index in [0.29, 0.717) is 24.7 Å². The van der Waals surface area contributed by atoms with Gasteiger partial charge in [-0.25, -0.2) is 0 Å². The van der Waals surface area contributed by atoms with Gasteiger partial charge in [0.05, 0.1) is 20.8 Å². The van der Waals surface area contributed by atoms with Crippen molar-refractivity contribution in [3.63, 3.8) is 0 Å². The Morgan fingerprint density at radius 3 is 2.10 bits per heavy atom. The first-order valence-electron chi connectivity index (χ1n) is 10.5. The summed E-state index contributed by atoms with van der Waals surface area (Å²) >= 11 is 0. The maximum atomic E-state index is 9.90. The maximum Gasteiger partial charge on any atom is 0.161 e. The molecule has 1 heterocycles. The van der Waals surface area contributed by atoms with E-state index >= 15 is 0 Å². The number of phenols is 2. The largest absolute Gasteiger partial charge is 0.504 e. The molecule has 0 saturated carbocycles. The van der Waals surface area contributed by atoms with Gasteiger partial charge in [0.1, 0.15) is 0 Å². The summed E-state index contributed by atoms with van der Waals surface area (Å²) < 4.78 is 22.6. The van der Waals surface area contributed by atoms with Gasteiger partial charge in [-0.15, -0.1) is 0 Å². The van der Waals surface area contributed by atoms with Crippen LogP contribution >= 0.6 is 0 Å². The van der Waals surface area contributed by atoms with Crippen molar-refractivity contribution in [2.24, 2.45) is 11.8 Å². The molecule has 0 aromatic heterocycles. The van der Waals surface area contributed by atoms with Crippen LogP contribution in [-0.4, -0.2) is 43.9 Å². The summed E-state index contributed by atoms with van der Waals surface area (Å²) in [5.74, 6) is 1.63. The molecule has 0 amide bonds. The Balaban J connectivity index is 1.78. The molecule has 2 aromatic rings. The minimum atomic E-state index is -0.264. The summed E-state index contributed by atoms with van der Waals surface area (Å²) in [7, 11) is 3.10. The lowest BCUT2D eigenvalue weighted by molar-refractivity contribution is -0.131. The van der Waals surface area contributed by atoms with Crippen molar-refractivity contribution in [1.29, 1.82) is 0 Å². The standard InChI is InChI=1S/C24H32O6/c1-4-5-10-29-24-19(12-17-7-9-21(26)23(14-17)28-3)18(15-30-24)11-16-6-8-20(25)22(13-16)27-2/h6-9,13-14,18-19,24-26H,4-5,10-12,15H2,1-3H3/t18-,19+,24+/m0/s1. The van der Waals surface area contributed by atoms with E-state index in [-0.39, 0.29) is 29.6 Å². The topological polar surface area (TPSA) is 77.4 Å². The molecule has 6 heteroatoms. The van der Waals surface area contributed by atoms with Crippen LogP contribution in [0, 0.1) is 11.8 Å². The molecule has 0 unspecified atom stereocenters. The zero-order valence-corrected chi connectivity index (χ0v) is 18.0. The number of ether oxygens (including phenoxy) is 4. The van der Waals surface area contributed by atoms with Gasteiger partial charge >= 0.3 is 0 Å². The first kappa shape index (κ1) is 22.2. The average Bonchev–Trinajstić information content (AvgIpc) is 3.12. The number of benzene rings is 2. The van der Waals surface area contributed by atoms with Gasteiger partial charge in [0.25, 0.3) is 0 Å². The molecule has 3 rings (SSSR count). The number of hydrogen-bond acceptors (Lipinski definition) is 6. The summed E-state index contributed by atoms with van der Waals surface area (Å²) in [6.45, 7) is 3.43. The quantitative estimate of drug-likeness (QED) is 0.562. The molecule has 0 aliphatic carbocycles. The van der Waals surface area contributed by atoms with Gasteiger partial charge in [-0.2, -0.15) is 0 Å². The van der Waals surface area contributed by atoms with E-state index in [2.05, 4.69) is 6.92 Å². The third-order valence-electron chi connectivity index (χ3n) is 5.67. The smallest absolute Gasteiger partial charge is 0.161 e. The lowest BCUT2D eigenvalue weighted by Crippen LogP contribution is -2.27.